The fourth-order valence-corrected chi connectivity index (χ4v) is 3.09. The van der Waals surface area contributed by atoms with Crippen LogP contribution in [0.1, 0.15) is 32.8 Å². The summed E-state index contributed by atoms with van der Waals surface area (Å²) < 4.78 is 13.2. The largest absolute Gasteiger partial charge is 0.463 e. The minimum Gasteiger partial charge on any atom is -0.463 e. The van der Waals surface area contributed by atoms with Crippen molar-refractivity contribution in [3.63, 3.8) is 0 Å². The molecule has 1 unspecified atom stereocenters. The van der Waals surface area contributed by atoms with E-state index in [1.807, 2.05) is 13.8 Å². The highest BCUT2D eigenvalue weighted by Gasteiger charge is 2.12. The minimum atomic E-state index is -0.318. The molecule has 0 N–H and O–H groups in total. The van der Waals surface area contributed by atoms with Crippen LogP contribution in [0.25, 0.3) is 0 Å². The number of hydrogen-bond donors (Lipinski definition) is 0. The average molecular weight is 392 g/mol. The van der Waals surface area contributed by atoms with Crippen molar-refractivity contribution in [2.45, 2.75) is 39.9 Å². The Morgan fingerprint density at radius 3 is 2.37 bits per heavy atom. The van der Waals surface area contributed by atoms with Gasteiger partial charge in [-0.05, 0) is 69.8 Å². The van der Waals surface area contributed by atoms with E-state index in [4.69, 9.17) is 9.47 Å². The van der Waals surface area contributed by atoms with Gasteiger partial charge in [-0.15, -0.1) is 0 Å². The second-order valence-electron chi connectivity index (χ2n) is 4.59. The number of benzene rings is 1. The molecular weight excluding hydrogens is 372 g/mol. The Morgan fingerprint density at radius 2 is 1.89 bits per heavy atom. The predicted molar refractivity (Wildman–Crippen MR) is 86.7 cm³/mol. The fourth-order valence-electron chi connectivity index (χ4n) is 1.62. The standard InChI is InChI=1S/C15H20Br2O2/c1-5-6-12-7-13(16)15(14(17)8-12)19-11(4)18-9-10(2)3/h7-8,11H,2,5-6,9H2,1,3-4H3. The van der Waals surface area contributed by atoms with Crippen molar-refractivity contribution in [1.82, 2.24) is 0 Å². The topological polar surface area (TPSA) is 18.5 Å². The number of ether oxygens (including phenoxy) is 2. The Balaban J connectivity index is 2.75. The van der Waals surface area contributed by atoms with Crippen LogP contribution in [0.15, 0.2) is 33.2 Å². The van der Waals surface area contributed by atoms with Crippen LogP contribution >= 0.6 is 31.9 Å². The van der Waals surface area contributed by atoms with Crippen molar-refractivity contribution in [1.29, 1.82) is 0 Å². The minimum absolute atomic E-state index is 0.318. The third-order valence-corrected chi connectivity index (χ3v) is 3.62. The third-order valence-electron chi connectivity index (χ3n) is 2.44. The molecule has 19 heavy (non-hydrogen) atoms. The highest BCUT2D eigenvalue weighted by molar-refractivity contribution is 9.11. The van der Waals surface area contributed by atoms with E-state index in [-0.39, 0.29) is 6.29 Å². The van der Waals surface area contributed by atoms with E-state index < -0.39 is 0 Å². The van der Waals surface area contributed by atoms with Gasteiger partial charge in [0.15, 0.2) is 12.0 Å². The quantitative estimate of drug-likeness (QED) is 0.452. The first-order chi connectivity index (χ1) is 8.93. The molecular formula is C15H20Br2O2. The van der Waals surface area contributed by atoms with Crippen molar-refractivity contribution < 1.29 is 9.47 Å². The number of hydrogen-bond acceptors (Lipinski definition) is 2. The summed E-state index contributed by atoms with van der Waals surface area (Å²) in [5.41, 5.74) is 2.26. The molecule has 1 aromatic rings. The highest BCUT2D eigenvalue weighted by Crippen LogP contribution is 2.35. The zero-order chi connectivity index (χ0) is 14.4. The zero-order valence-electron chi connectivity index (χ0n) is 11.6. The maximum absolute atomic E-state index is 5.80. The van der Waals surface area contributed by atoms with Crippen molar-refractivity contribution >= 4 is 31.9 Å². The molecule has 0 radical (unpaired) electrons. The Hall–Kier alpha value is -0.320. The Bertz CT molecular complexity index is 421. The molecule has 0 bridgehead atoms. The lowest BCUT2D eigenvalue weighted by molar-refractivity contribution is -0.0580. The van der Waals surface area contributed by atoms with Gasteiger partial charge in [-0.3, -0.25) is 0 Å². The lowest BCUT2D eigenvalue weighted by Gasteiger charge is -2.18. The number of rotatable bonds is 7. The van der Waals surface area contributed by atoms with Gasteiger partial charge in [0.25, 0.3) is 0 Å². The van der Waals surface area contributed by atoms with Crippen LogP contribution in [0.5, 0.6) is 5.75 Å². The smallest absolute Gasteiger partial charge is 0.197 e. The van der Waals surface area contributed by atoms with Gasteiger partial charge in [0.1, 0.15) is 0 Å². The monoisotopic (exact) mass is 390 g/mol. The SMILES string of the molecule is C=C(C)COC(C)Oc1c(Br)cc(CCC)cc1Br. The molecule has 0 saturated heterocycles. The van der Waals surface area contributed by atoms with Gasteiger partial charge in [-0.2, -0.15) is 0 Å². The fraction of sp³-hybridized carbons (Fsp3) is 0.467. The third kappa shape index (κ3) is 5.67. The molecule has 1 rings (SSSR count). The van der Waals surface area contributed by atoms with Crippen LogP contribution < -0.4 is 4.74 Å². The van der Waals surface area contributed by atoms with E-state index in [1.165, 1.54) is 5.56 Å². The summed E-state index contributed by atoms with van der Waals surface area (Å²) in [4.78, 5) is 0. The Labute approximate surface area is 132 Å². The summed E-state index contributed by atoms with van der Waals surface area (Å²) in [6.07, 6.45) is 1.86. The predicted octanol–water partition coefficient (Wildman–Crippen LogP) is 5.48. The van der Waals surface area contributed by atoms with Gasteiger partial charge < -0.3 is 9.47 Å². The molecule has 0 spiro atoms. The maximum Gasteiger partial charge on any atom is 0.197 e. The second kappa shape index (κ2) is 8.08. The van der Waals surface area contributed by atoms with Gasteiger partial charge in [0.05, 0.1) is 15.6 Å². The van der Waals surface area contributed by atoms with Crippen LogP contribution in [0.4, 0.5) is 0 Å². The lowest BCUT2D eigenvalue weighted by atomic mass is 10.1. The summed E-state index contributed by atoms with van der Waals surface area (Å²) in [6.45, 7) is 10.3. The van der Waals surface area contributed by atoms with Crippen molar-refractivity contribution in [3.8, 4) is 5.75 Å². The molecule has 1 atom stereocenters. The summed E-state index contributed by atoms with van der Waals surface area (Å²) in [6, 6.07) is 4.18. The van der Waals surface area contributed by atoms with Crippen LogP contribution in [-0.4, -0.2) is 12.9 Å². The van der Waals surface area contributed by atoms with Crippen molar-refractivity contribution in [3.05, 3.63) is 38.8 Å². The highest BCUT2D eigenvalue weighted by atomic mass is 79.9. The molecule has 0 heterocycles. The molecule has 0 amide bonds. The van der Waals surface area contributed by atoms with E-state index in [0.717, 1.165) is 33.1 Å². The first kappa shape index (κ1) is 16.7. The molecule has 0 aromatic heterocycles. The summed E-state index contributed by atoms with van der Waals surface area (Å²) >= 11 is 7.10. The van der Waals surface area contributed by atoms with Gasteiger partial charge in [0, 0.05) is 0 Å². The van der Waals surface area contributed by atoms with Gasteiger partial charge in [0.2, 0.25) is 0 Å². The van der Waals surface area contributed by atoms with Crippen molar-refractivity contribution in [2.75, 3.05) is 6.61 Å². The molecule has 2 nitrogen and oxygen atoms in total. The Kier molecular flexibility index (Phi) is 7.11. The van der Waals surface area contributed by atoms with Crippen LogP contribution in [-0.2, 0) is 11.2 Å². The first-order valence-electron chi connectivity index (χ1n) is 6.34. The lowest BCUT2D eigenvalue weighted by Crippen LogP contribution is -2.17. The first-order valence-corrected chi connectivity index (χ1v) is 7.93. The van der Waals surface area contributed by atoms with E-state index in [0.29, 0.717) is 6.61 Å². The normalized spacial score (nSPS) is 12.3. The van der Waals surface area contributed by atoms with Crippen LogP contribution in [0.3, 0.4) is 0 Å². The molecule has 4 heteroatoms. The molecule has 0 aliphatic rings. The van der Waals surface area contributed by atoms with Gasteiger partial charge in [-0.1, -0.05) is 25.5 Å². The second-order valence-corrected chi connectivity index (χ2v) is 6.30. The number of halogens is 2. The van der Waals surface area contributed by atoms with E-state index in [2.05, 4.69) is 57.5 Å². The van der Waals surface area contributed by atoms with Crippen molar-refractivity contribution in [2.24, 2.45) is 0 Å². The van der Waals surface area contributed by atoms with Gasteiger partial charge >= 0.3 is 0 Å². The van der Waals surface area contributed by atoms with E-state index in [9.17, 15) is 0 Å². The molecule has 1 aromatic carbocycles. The molecule has 106 valence electrons. The zero-order valence-corrected chi connectivity index (χ0v) is 14.8. The summed E-state index contributed by atoms with van der Waals surface area (Å²) in [5, 5.41) is 0. The van der Waals surface area contributed by atoms with E-state index >= 15 is 0 Å². The number of aryl methyl sites for hydroxylation is 1. The average Bonchev–Trinajstić information content (AvgIpc) is 2.31. The maximum atomic E-state index is 5.80. The van der Waals surface area contributed by atoms with Gasteiger partial charge in [-0.25, -0.2) is 0 Å². The molecule has 0 aliphatic carbocycles. The molecule has 0 fully saturated rings. The summed E-state index contributed by atoms with van der Waals surface area (Å²) in [5.74, 6) is 0.772. The van der Waals surface area contributed by atoms with Crippen LogP contribution in [0.2, 0.25) is 0 Å². The Morgan fingerprint density at radius 1 is 1.32 bits per heavy atom. The van der Waals surface area contributed by atoms with Crippen LogP contribution in [0, 0.1) is 0 Å². The molecule has 0 aliphatic heterocycles. The van der Waals surface area contributed by atoms with E-state index in [1.54, 1.807) is 0 Å². The summed E-state index contributed by atoms with van der Waals surface area (Å²) in [7, 11) is 0. The molecule has 0 saturated carbocycles.